The molecule has 0 aliphatic rings. The summed E-state index contributed by atoms with van der Waals surface area (Å²) in [6, 6.07) is -20.7. The van der Waals surface area contributed by atoms with Gasteiger partial charge in [0.15, 0.2) is 0 Å². The number of rotatable bonds is 2. The molecule has 9 rings (SSSR count). The van der Waals surface area contributed by atoms with Crippen molar-refractivity contribution in [1.82, 2.24) is 0 Å². The highest BCUT2D eigenvalue weighted by molar-refractivity contribution is 6.28. The Bertz CT molecular complexity index is 3740. The molecule has 0 aliphatic heterocycles. The topological polar surface area (TPSA) is 13.1 Å². The summed E-state index contributed by atoms with van der Waals surface area (Å²) in [4.78, 5) is 0. The lowest BCUT2D eigenvalue weighted by Gasteiger charge is -2.18. The SMILES string of the molecule is [2H]c1c([2H])c(-c2c3c([2H])c([2H])c([2H])c([2H])c3c(-c3c([2H])c([2H])c4c([2H])c([2H])c([2H])c([2H])c4c3[2H])c3c([2H])c([2H])c([2H])c([2H])c23)c2c(oc3c([2H])c([2H])c4c([2H])c([2H])c([2H])c([2H])c4c32)c1[2H]. The molecule has 0 bridgehead atoms. The van der Waals surface area contributed by atoms with Crippen LogP contribution >= 0.6 is 0 Å². The molecule has 0 atom stereocenters. The molecular weight excluding hydrogens is 496 g/mol. The lowest BCUT2D eigenvalue weighted by Crippen LogP contribution is -1.91. The van der Waals surface area contributed by atoms with Gasteiger partial charge >= 0.3 is 0 Å². The fraction of sp³-hybridized carbons (Fsp3) is 0. The summed E-state index contributed by atoms with van der Waals surface area (Å²) in [6.45, 7) is 0. The molecule has 0 fully saturated rings. The van der Waals surface area contributed by atoms with E-state index in [1.807, 2.05) is 0 Å². The Morgan fingerprint density at radius 1 is 0.390 bits per heavy atom. The first kappa shape index (κ1) is 9.33. The quantitative estimate of drug-likeness (QED) is 0.197. The van der Waals surface area contributed by atoms with Crippen LogP contribution in [0.2, 0.25) is 0 Å². The van der Waals surface area contributed by atoms with Crippen LogP contribution in [-0.2, 0) is 0 Å². The van der Waals surface area contributed by atoms with Gasteiger partial charge in [0.2, 0.25) is 0 Å². The van der Waals surface area contributed by atoms with Crippen molar-refractivity contribution in [3.8, 4) is 22.3 Å². The Balaban J connectivity index is 1.70. The second kappa shape index (κ2) is 8.55. The Morgan fingerprint density at radius 3 is 1.68 bits per heavy atom. The van der Waals surface area contributed by atoms with Crippen LogP contribution in [0, 0.1) is 0 Å². The molecule has 0 spiro atoms. The summed E-state index contributed by atoms with van der Waals surface area (Å²) in [5, 5.41) is -5.64. The van der Waals surface area contributed by atoms with Crippen LogP contribution in [0.3, 0.4) is 0 Å². The van der Waals surface area contributed by atoms with Gasteiger partial charge in [0.05, 0.1) is 32.9 Å². The smallest absolute Gasteiger partial charge is 0.136 e. The van der Waals surface area contributed by atoms with Crippen molar-refractivity contribution in [3.05, 3.63) is 145 Å². The minimum absolute atomic E-state index is 0.406. The second-order valence-electron chi connectivity index (χ2n) is 9.01. The maximum absolute atomic E-state index is 9.50. The van der Waals surface area contributed by atoms with E-state index in [1.165, 1.54) is 0 Å². The summed E-state index contributed by atoms with van der Waals surface area (Å²) >= 11 is 0. The maximum atomic E-state index is 9.50. The molecule has 0 amide bonds. The molecule has 8 aromatic carbocycles. The van der Waals surface area contributed by atoms with Crippen LogP contribution in [0.15, 0.2) is 149 Å². The Hall–Kier alpha value is -5.40. The zero-order valence-electron chi connectivity index (χ0n) is 44.4. The molecule has 0 unspecified atom stereocenters. The third-order valence-corrected chi connectivity index (χ3v) is 6.89. The predicted octanol–water partition coefficient (Wildman–Crippen LogP) is 11.5. The highest BCUT2D eigenvalue weighted by Gasteiger charge is 2.21. The zero-order valence-corrected chi connectivity index (χ0v) is 20.4. The molecule has 0 radical (unpaired) electrons. The molecule has 1 aromatic heterocycles. The third-order valence-electron chi connectivity index (χ3n) is 6.89. The van der Waals surface area contributed by atoms with E-state index in [2.05, 4.69) is 0 Å². The van der Waals surface area contributed by atoms with Crippen LogP contribution in [0.4, 0.5) is 0 Å². The standard InChI is InChI=1S/C40H24O/c1-2-12-27-24-28(21-20-25(27)10-1)37-30-14-5-7-16-32(30)38(33-17-8-6-15-31(33)37)34-18-9-19-35-40(34)39-29-13-4-3-11-26(29)22-23-36(39)41-35/h1-24H/i1D,2D,3D,4D,5D,6D,7D,8D,9D,10D,11D,12D,13D,14D,15D,16D,17D,18D,19D,20D,21D,22D,23D,24D. The molecule has 1 heteroatoms. The van der Waals surface area contributed by atoms with Gasteiger partial charge in [0.25, 0.3) is 0 Å². The van der Waals surface area contributed by atoms with Crippen molar-refractivity contribution in [2.45, 2.75) is 0 Å². The summed E-state index contributed by atoms with van der Waals surface area (Å²) in [5.74, 6) is 0. The first-order valence-corrected chi connectivity index (χ1v) is 12.2. The maximum Gasteiger partial charge on any atom is 0.136 e. The monoisotopic (exact) mass is 544 g/mol. The van der Waals surface area contributed by atoms with Gasteiger partial charge in [-0.2, -0.15) is 0 Å². The van der Waals surface area contributed by atoms with Crippen molar-refractivity contribution in [1.29, 1.82) is 0 Å². The largest absolute Gasteiger partial charge is 0.456 e. The molecule has 0 N–H and O–H groups in total. The van der Waals surface area contributed by atoms with E-state index >= 15 is 0 Å². The van der Waals surface area contributed by atoms with Gasteiger partial charge in [0.1, 0.15) is 11.2 Å². The molecule has 0 aliphatic carbocycles. The van der Waals surface area contributed by atoms with E-state index in [4.69, 9.17) is 27.7 Å². The van der Waals surface area contributed by atoms with Crippen LogP contribution in [0.25, 0.3) is 87.3 Å². The number of hydrogen-bond acceptors (Lipinski definition) is 1. The van der Waals surface area contributed by atoms with Crippen molar-refractivity contribution < 1.29 is 37.3 Å². The normalized spacial score (nSPS) is 20.1. The third kappa shape index (κ3) is 3.24. The number of furan rings is 1. The van der Waals surface area contributed by atoms with Crippen LogP contribution in [-0.4, -0.2) is 0 Å². The van der Waals surface area contributed by atoms with Crippen LogP contribution < -0.4 is 0 Å². The highest BCUT2D eigenvalue weighted by Crippen LogP contribution is 2.47. The molecule has 1 heterocycles. The fourth-order valence-electron chi connectivity index (χ4n) is 5.23. The van der Waals surface area contributed by atoms with E-state index in [-0.39, 0.29) is 0 Å². The van der Waals surface area contributed by atoms with E-state index in [1.54, 1.807) is 0 Å². The van der Waals surface area contributed by atoms with Gasteiger partial charge in [-0.25, -0.2) is 0 Å². The van der Waals surface area contributed by atoms with Crippen molar-refractivity contribution in [3.63, 3.8) is 0 Å². The van der Waals surface area contributed by atoms with E-state index in [0.29, 0.717) is 0 Å². The molecule has 1 nitrogen and oxygen atoms in total. The van der Waals surface area contributed by atoms with Gasteiger partial charge in [0, 0.05) is 10.8 Å². The molecule has 190 valence electrons. The van der Waals surface area contributed by atoms with E-state index in [0.717, 1.165) is 0 Å². The van der Waals surface area contributed by atoms with E-state index < -0.39 is 232 Å². The van der Waals surface area contributed by atoms with E-state index in [9.17, 15) is 9.60 Å². The van der Waals surface area contributed by atoms with Gasteiger partial charge in [-0.05, 0) is 83.5 Å². The Kier molecular flexibility index (Phi) is 1.94. The van der Waals surface area contributed by atoms with Crippen molar-refractivity contribution in [2.24, 2.45) is 0 Å². The summed E-state index contributed by atoms with van der Waals surface area (Å²) in [5.41, 5.74) is -3.83. The molecular formula is C40H24O. The Labute approximate surface area is 270 Å². The van der Waals surface area contributed by atoms with Gasteiger partial charge in [-0.15, -0.1) is 0 Å². The molecule has 0 saturated heterocycles. The first-order chi connectivity index (χ1) is 30.3. The summed E-state index contributed by atoms with van der Waals surface area (Å²) in [7, 11) is 0. The molecule has 0 saturated carbocycles. The van der Waals surface area contributed by atoms with Crippen molar-refractivity contribution >= 4 is 65.0 Å². The van der Waals surface area contributed by atoms with Gasteiger partial charge < -0.3 is 4.42 Å². The minimum Gasteiger partial charge on any atom is -0.456 e. The average Bonchev–Trinajstić information content (AvgIpc) is 3.67. The summed E-state index contributed by atoms with van der Waals surface area (Å²) in [6.07, 6.45) is 0. The van der Waals surface area contributed by atoms with Gasteiger partial charge in [-0.3, -0.25) is 0 Å². The second-order valence-corrected chi connectivity index (χ2v) is 9.01. The summed E-state index contributed by atoms with van der Waals surface area (Å²) < 4.78 is 220. The van der Waals surface area contributed by atoms with Crippen LogP contribution in [0.5, 0.6) is 0 Å². The number of fused-ring (bicyclic) bond motifs is 8. The lowest BCUT2D eigenvalue weighted by molar-refractivity contribution is 0.669. The Morgan fingerprint density at radius 2 is 0.951 bits per heavy atom. The van der Waals surface area contributed by atoms with Gasteiger partial charge in [-0.1, -0.05) is 127 Å². The number of benzene rings is 8. The van der Waals surface area contributed by atoms with Crippen molar-refractivity contribution in [2.75, 3.05) is 0 Å². The average molecular weight is 545 g/mol. The predicted molar refractivity (Wildman–Crippen MR) is 175 cm³/mol. The fourth-order valence-corrected chi connectivity index (χ4v) is 5.23. The lowest BCUT2D eigenvalue weighted by atomic mass is 9.84. The minimum atomic E-state index is -0.948. The molecule has 41 heavy (non-hydrogen) atoms. The zero-order chi connectivity index (χ0) is 47.8. The highest BCUT2D eigenvalue weighted by atomic mass is 16.3. The molecule has 9 aromatic rings. The van der Waals surface area contributed by atoms with Crippen LogP contribution in [0.1, 0.15) is 32.9 Å². The number of hydrogen-bond donors (Lipinski definition) is 0. The first-order valence-electron chi connectivity index (χ1n) is 24.2.